The first-order valence-corrected chi connectivity index (χ1v) is 8.82. The first kappa shape index (κ1) is 22.6. The number of aryl methyl sites for hydroxylation is 1. The van der Waals surface area contributed by atoms with Gasteiger partial charge >= 0.3 is 12.1 Å². The molecule has 0 aliphatic heterocycles. The van der Waals surface area contributed by atoms with Crippen molar-refractivity contribution in [2.24, 2.45) is 0 Å². The van der Waals surface area contributed by atoms with Crippen LogP contribution in [0.4, 0.5) is 27.6 Å². The Morgan fingerprint density at radius 1 is 1.19 bits per heavy atom. The summed E-state index contributed by atoms with van der Waals surface area (Å²) in [4.78, 5) is 12.3. The second-order valence-electron chi connectivity index (χ2n) is 6.57. The molecule has 32 heavy (non-hydrogen) atoms. The monoisotopic (exact) mass is 451 g/mol. The number of alkyl halides is 3. The number of carbonyl (C=O) groups is 1. The van der Waals surface area contributed by atoms with Gasteiger partial charge in [0, 0.05) is 6.20 Å². The van der Waals surface area contributed by atoms with Gasteiger partial charge in [0.1, 0.15) is 6.07 Å². The largest absolute Gasteiger partial charge is 0.464 e. The van der Waals surface area contributed by atoms with E-state index in [-0.39, 0.29) is 40.5 Å². The van der Waals surface area contributed by atoms with Gasteiger partial charge in [0.25, 0.3) is 0 Å². The van der Waals surface area contributed by atoms with Crippen molar-refractivity contribution in [1.82, 2.24) is 4.57 Å². The number of anilines is 1. The highest BCUT2D eigenvalue weighted by atomic mass is 19.4. The van der Waals surface area contributed by atoms with E-state index >= 15 is 0 Å². The average molecular weight is 451 g/mol. The third-order valence-corrected chi connectivity index (χ3v) is 4.52. The van der Waals surface area contributed by atoms with Crippen LogP contribution in [-0.2, 0) is 10.9 Å². The van der Waals surface area contributed by atoms with Gasteiger partial charge < -0.3 is 19.8 Å². The molecule has 6 nitrogen and oxygen atoms in total. The number of halogens is 5. The minimum absolute atomic E-state index is 0.0693. The van der Waals surface area contributed by atoms with Crippen LogP contribution in [0.3, 0.4) is 0 Å². The molecule has 0 saturated heterocycles. The number of para-hydroxylation sites is 1. The lowest BCUT2D eigenvalue weighted by molar-refractivity contribution is -0.138. The van der Waals surface area contributed by atoms with Crippen LogP contribution in [0, 0.1) is 29.9 Å². The molecule has 0 amide bonds. The molecule has 11 heteroatoms. The molecular weight excluding hydrogens is 437 g/mol. The topological polar surface area (TPSA) is 90.3 Å². The number of nitrogens with zero attached hydrogens (tertiary/aromatic N) is 2. The summed E-state index contributed by atoms with van der Waals surface area (Å²) in [5, 5.41) is 9.28. The number of nitrogen functional groups attached to an aromatic ring is 1. The number of rotatable bonds is 4. The Balaban J connectivity index is 2.21. The fraction of sp³-hybridized carbons (Fsp3) is 0.143. The second-order valence-corrected chi connectivity index (χ2v) is 6.57. The van der Waals surface area contributed by atoms with Crippen molar-refractivity contribution in [3.8, 4) is 23.3 Å². The van der Waals surface area contributed by atoms with Gasteiger partial charge in [0.05, 0.1) is 29.6 Å². The third-order valence-electron chi connectivity index (χ3n) is 4.52. The van der Waals surface area contributed by atoms with Gasteiger partial charge in [-0.25, -0.2) is 13.6 Å². The molecule has 1 heterocycles. The SMILES string of the molecule is COC(=O)c1c(N)c(C#N)cn1-c1c(C)cccc1Oc1c(F)cc(C(F)(F)F)cc1F. The van der Waals surface area contributed by atoms with Crippen LogP contribution in [0.25, 0.3) is 5.69 Å². The molecule has 0 unspecified atom stereocenters. The number of nitrogens with two attached hydrogens (primary N) is 1. The van der Waals surface area contributed by atoms with Gasteiger partial charge in [-0.2, -0.15) is 18.4 Å². The van der Waals surface area contributed by atoms with E-state index in [1.54, 1.807) is 13.0 Å². The maximum Gasteiger partial charge on any atom is 0.416 e. The van der Waals surface area contributed by atoms with Crippen molar-refractivity contribution < 1.29 is 36.2 Å². The molecule has 0 saturated carbocycles. The summed E-state index contributed by atoms with van der Waals surface area (Å²) in [6, 6.07) is 6.34. The molecule has 3 aromatic rings. The summed E-state index contributed by atoms with van der Waals surface area (Å²) in [6.07, 6.45) is -3.75. The van der Waals surface area contributed by atoms with Crippen molar-refractivity contribution in [3.63, 3.8) is 0 Å². The quantitative estimate of drug-likeness (QED) is 0.440. The number of methoxy groups -OCH3 is 1. The predicted octanol–water partition coefficient (Wildman–Crippen LogP) is 5.12. The molecule has 0 spiro atoms. The van der Waals surface area contributed by atoms with E-state index < -0.39 is 35.1 Å². The molecule has 0 fully saturated rings. The molecule has 0 atom stereocenters. The number of nitriles is 1. The highest BCUT2D eigenvalue weighted by Crippen LogP contribution is 2.39. The van der Waals surface area contributed by atoms with Crippen molar-refractivity contribution in [2.75, 3.05) is 12.8 Å². The summed E-state index contributed by atoms with van der Waals surface area (Å²) in [6.45, 7) is 1.57. The number of esters is 1. The molecule has 0 aliphatic carbocycles. The van der Waals surface area contributed by atoms with E-state index in [0.29, 0.717) is 5.56 Å². The zero-order valence-electron chi connectivity index (χ0n) is 16.6. The van der Waals surface area contributed by atoms with Gasteiger partial charge in [-0.05, 0) is 30.7 Å². The van der Waals surface area contributed by atoms with E-state index in [1.807, 2.05) is 6.07 Å². The summed E-state index contributed by atoms with van der Waals surface area (Å²) in [5.41, 5.74) is 4.35. The van der Waals surface area contributed by atoms with E-state index in [0.717, 1.165) is 11.7 Å². The van der Waals surface area contributed by atoms with E-state index in [4.69, 9.17) is 15.2 Å². The van der Waals surface area contributed by atoms with Gasteiger partial charge in [0.15, 0.2) is 28.8 Å². The van der Waals surface area contributed by atoms with Crippen LogP contribution in [0.1, 0.15) is 27.2 Å². The van der Waals surface area contributed by atoms with Crippen LogP contribution in [-0.4, -0.2) is 17.6 Å². The summed E-state index contributed by atoms with van der Waals surface area (Å²) in [7, 11) is 1.09. The number of hydrogen-bond acceptors (Lipinski definition) is 5. The fourth-order valence-electron chi connectivity index (χ4n) is 3.05. The maximum absolute atomic E-state index is 14.3. The molecule has 1 aromatic heterocycles. The Bertz CT molecular complexity index is 1240. The van der Waals surface area contributed by atoms with Crippen LogP contribution >= 0.6 is 0 Å². The van der Waals surface area contributed by atoms with Gasteiger partial charge in [-0.3, -0.25) is 0 Å². The molecule has 2 aromatic carbocycles. The van der Waals surface area contributed by atoms with Crippen LogP contribution in [0.2, 0.25) is 0 Å². The average Bonchev–Trinajstić information content (AvgIpc) is 3.05. The van der Waals surface area contributed by atoms with Crippen LogP contribution in [0.15, 0.2) is 36.5 Å². The van der Waals surface area contributed by atoms with Crippen molar-refractivity contribution in [3.05, 3.63) is 70.5 Å². The first-order chi connectivity index (χ1) is 15.0. The second kappa shape index (κ2) is 8.22. The Kier molecular flexibility index (Phi) is 5.81. The number of ether oxygens (including phenoxy) is 2. The minimum atomic E-state index is -4.96. The van der Waals surface area contributed by atoms with Crippen molar-refractivity contribution in [1.29, 1.82) is 5.26 Å². The van der Waals surface area contributed by atoms with E-state index in [9.17, 15) is 32.0 Å². The molecule has 0 bridgehead atoms. The standard InChI is InChI=1S/C21H14F5N3O3/c1-10-4-3-5-15(32-19-13(22)6-12(7-14(19)23)21(24,25)26)17(10)29-9-11(8-27)16(28)18(29)20(30)31-2/h3-7,9H,28H2,1-2H3. The van der Waals surface area contributed by atoms with Crippen LogP contribution in [0.5, 0.6) is 11.5 Å². The number of aromatic nitrogens is 1. The Morgan fingerprint density at radius 2 is 1.81 bits per heavy atom. The van der Waals surface area contributed by atoms with Gasteiger partial charge in [0.2, 0.25) is 0 Å². The lowest BCUT2D eigenvalue weighted by atomic mass is 10.1. The Morgan fingerprint density at radius 3 is 2.34 bits per heavy atom. The molecule has 3 rings (SSSR count). The van der Waals surface area contributed by atoms with Crippen molar-refractivity contribution in [2.45, 2.75) is 13.1 Å². The lowest BCUT2D eigenvalue weighted by Gasteiger charge is -2.17. The summed E-state index contributed by atoms with van der Waals surface area (Å²) >= 11 is 0. The normalized spacial score (nSPS) is 11.2. The smallest absolute Gasteiger partial charge is 0.416 e. The van der Waals surface area contributed by atoms with E-state index in [2.05, 4.69) is 0 Å². The first-order valence-electron chi connectivity index (χ1n) is 8.82. The van der Waals surface area contributed by atoms with Gasteiger partial charge in [-0.1, -0.05) is 12.1 Å². The number of carbonyl (C=O) groups excluding carboxylic acids is 1. The zero-order chi connectivity index (χ0) is 23.8. The van der Waals surface area contributed by atoms with Crippen LogP contribution < -0.4 is 10.5 Å². The fourth-order valence-corrected chi connectivity index (χ4v) is 3.05. The number of benzene rings is 2. The molecule has 0 aliphatic rings. The minimum Gasteiger partial charge on any atom is -0.464 e. The Labute approximate surface area is 178 Å². The highest BCUT2D eigenvalue weighted by molar-refractivity contribution is 5.96. The highest BCUT2D eigenvalue weighted by Gasteiger charge is 2.33. The third kappa shape index (κ3) is 3.94. The van der Waals surface area contributed by atoms with Crippen molar-refractivity contribution >= 4 is 11.7 Å². The number of hydrogen-bond donors (Lipinski definition) is 1. The van der Waals surface area contributed by atoms with E-state index in [1.165, 1.54) is 18.3 Å². The van der Waals surface area contributed by atoms with Gasteiger partial charge in [-0.15, -0.1) is 0 Å². The molecule has 0 radical (unpaired) electrons. The Hall–Kier alpha value is -4.07. The lowest BCUT2D eigenvalue weighted by Crippen LogP contribution is -2.13. The molecule has 166 valence electrons. The predicted molar refractivity (Wildman–Crippen MR) is 102 cm³/mol. The maximum atomic E-state index is 14.3. The zero-order valence-corrected chi connectivity index (χ0v) is 16.6. The molecular formula is C21H14F5N3O3. The summed E-state index contributed by atoms with van der Waals surface area (Å²) < 4.78 is 78.3. The summed E-state index contributed by atoms with van der Waals surface area (Å²) in [5.74, 6) is -5.35. The molecule has 2 N–H and O–H groups in total.